The highest BCUT2D eigenvalue weighted by Crippen LogP contribution is 2.41. The number of thiophene rings is 1. The summed E-state index contributed by atoms with van der Waals surface area (Å²) in [6, 6.07) is 0. The molecule has 0 aromatic carbocycles. The maximum Gasteiger partial charge on any atom is 0.197 e. The van der Waals surface area contributed by atoms with Gasteiger partial charge in [-0.05, 0) is 32.3 Å². The molecule has 0 radical (unpaired) electrons. The van der Waals surface area contributed by atoms with E-state index < -0.39 is 0 Å². The van der Waals surface area contributed by atoms with E-state index in [0.29, 0.717) is 6.61 Å². The third kappa shape index (κ3) is 4.45. The van der Waals surface area contributed by atoms with Gasteiger partial charge in [-0.2, -0.15) is 0 Å². The molecule has 0 saturated heterocycles. The van der Waals surface area contributed by atoms with Gasteiger partial charge in [0.2, 0.25) is 0 Å². The molecule has 0 unspecified atom stereocenters. The normalized spacial score (nSPS) is 16.0. The van der Waals surface area contributed by atoms with Crippen molar-refractivity contribution in [3.05, 3.63) is 10.4 Å². The van der Waals surface area contributed by atoms with Crippen molar-refractivity contribution >= 4 is 50.7 Å². The van der Waals surface area contributed by atoms with Gasteiger partial charge in [0, 0.05) is 22.8 Å². The van der Waals surface area contributed by atoms with Crippen molar-refractivity contribution in [2.75, 3.05) is 11.5 Å². The van der Waals surface area contributed by atoms with Crippen LogP contribution in [-0.4, -0.2) is 36.7 Å². The number of aromatic nitrogens is 4. The summed E-state index contributed by atoms with van der Waals surface area (Å²) in [5.41, 5.74) is 2.18. The Kier molecular flexibility index (Phi) is 6.73. The van der Waals surface area contributed by atoms with Crippen LogP contribution in [0.1, 0.15) is 70.2 Å². The molecule has 1 aliphatic heterocycles. The second-order valence-corrected chi connectivity index (χ2v) is 11.4. The predicted octanol–water partition coefficient (Wildman–Crippen LogP) is 6.36. The zero-order chi connectivity index (χ0) is 20.4. The summed E-state index contributed by atoms with van der Waals surface area (Å²) >= 11 is 5.39. The molecule has 0 bridgehead atoms. The lowest BCUT2D eigenvalue weighted by Gasteiger charge is -2.30. The van der Waals surface area contributed by atoms with Crippen LogP contribution in [0.2, 0.25) is 0 Å². The predicted molar refractivity (Wildman–Crippen MR) is 125 cm³/mol. The molecular formula is C21H30N4OS3. The average Bonchev–Trinajstić information content (AvgIpc) is 3.26. The van der Waals surface area contributed by atoms with Gasteiger partial charge in [-0.15, -0.1) is 21.5 Å². The number of ether oxygens (including phenoxy) is 1. The second kappa shape index (κ2) is 9.12. The van der Waals surface area contributed by atoms with Crippen molar-refractivity contribution in [2.45, 2.75) is 88.7 Å². The maximum atomic E-state index is 6.05. The summed E-state index contributed by atoms with van der Waals surface area (Å²) in [5, 5.41) is 12.4. The van der Waals surface area contributed by atoms with Crippen LogP contribution in [0.4, 0.5) is 0 Å². The standard InChI is InChI=1S/C21H30N4OS3/c1-5-7-8-9-11-28-20-24-23-17-16-14-12-21(3,4)26-13-15(14)29-18(16)22-19(25(17)20)27-10-6-2/h5-13H2,1-4H3. The highest BCUT2D eigenvalue weighted by atomic mass is 32.2. The fourth-order valence-electron chi connectivity index (χ4n) is 3.67. The van der Waals surface area contributed by atoms with Crippen LogP contribution >= 0.6 is 34.9 Å². The molecule has 5 nitrogen and oxygen atoms in total. The molecule has 0 N–H and O–H groups in total. The van der Waals surface area contributed by atoms with Crippen LogP contribution in [0, 0.1) is 0 Å². The van der Waals surface area contributed by atoms with Gasteiger partial charge in [0.25, 0.3) is 0 Å². The Balaban J connectivity index is 1.76. The molecule has 8 heteroatoms. The molecule has 0 fully saturated rings. The topological polar surface area (TPSA) is 52.3 Å². The fourth-order valence-corrected chi connectivity index (χ4v) is 6.65. The van der Waals surface area contributed by atoms with Crippen molar-refractivity contribution in [3.8, 4) is 0 Å². The van der Waals surface area contributed by atoms with Gasteiger partial charge >= 0.3 is 0 Å². The molecule has 0 atom stereocenters. The van der Waals surface area contributed by atoms with E-state index in [0.717, 1.165) is 45.1 Å². The minimum Gasteiger partial charge on any atom is -0.370 e. The van der Waals surface area contributed by atoms with Crippen LogP contribution in [0.15, 0.2) is 10.3 Å². The smallest absolute Gasteiger partial charge is 0.197 e. The van der Waals surface area contributed by atoms with Gasteiger partial charge in [0.1, 0.15) is 4.83 Å². The highest BCUT2D eigenvalue weighted by Gasteiger charge is 2.31. The molecule has 0 aliphatic carbocycles. The average molecular weight is 451 g/mol. The van der Waals surface area contributed by atoms with Crippen molar-refractivity contribution in [1.82, 2.24) is 19.6 Å². The number of thioether (sulfide) groups is 2. The summed E-state index contributed by atoms with van der Waals surface area (Å²) in [6.07, 6.45) is 7.10. The SMILES string of the molecule is CCCCCCSc1nnc2c3c4c(sc3nc(SCCC)n12)COC(C)(C)C4. The first-order valence-electron chi connectivity index (χ1n) is 10.6. The molecule has 158 valence electrons. The van der Waals surface area contributed by atoms with Crippen molar-refractivity contribution in [3.63, 3.8) is 0 Å². The Labute approximate surface area is 185 Å². The Morgan fingerprint density at radius 1 is 1.03 bits per heavy atom. The number of rotatable bonds is 9. The zero-order valence-electron chi connectivity index (χ0n) is 17.8. The molecule has 4 rings (SSSR count). The van der Waals surface area contributed by atoms with E-state index in [2.05, 4.69) is 42.3 Å². The van der Waals surface area contributed by atoms with Crippen LogP contribution in [0.25, 0.3) is 15.9 Å². The van der Waals surface area contributed by atoms with Gasteiger partial charge in [-0.1, -0.05) is 56.6 Å². The number of hydrogen-bond donors (Lipinski definition) is 0. The largest absolute Gasteiger partial charge is 0.370 e. The zero-order valence-corrected chi connectivity index (χ0v) is 20.2. The minimum atomic E-state index is -0.148. The van der Waals surface area contributed by atoms with E-state index in [4.69, 9.17) is 9.72 Å². The van der Waals surface area contributed by atoms with Crippen LogP contribution < -0.4 is 0 Å². The van der Waals surface area contributed by atoms with Crippen molar-refractivity contribution in [1.29, 1.82) is 0 Å². The Bertz CT molecular complexity index is 995. The van der Waals surface area contributed by atoms with Crippen molar-refractivity contribution < 1.29 is 4.74 Å². The van der Waals surface area contributed by atoms with Gasteiger partial charge < -0.3 is 4.74 Å². The number of nitrogens with zero attached hydrogens (tertiary/aromatic N) is 4. The highest BCUT2D eigenvalue weighted by molar-refractivity contribution is 7.99. The van der Waals surface area contributed by atoms with Gasteiger partial charge in [0.15, 0.2) is 16.0 Å². The lowest BCUT2D eigenvalue weighted by atomic mass is 9.94. The quantitative estimate of drug-likeness (QED) is 0.215. The minimum absolute atomic E-state index is 0.148. The molecule has 4 heterocycles. The molecule has 0 amide bonds. The summed E-state index contributed by atoms with van der Waals surface area (Å²) in [4.78, 5) is 7.45. The summed E-state index contributed by atoms with van der Waals surface area (Å²) in [7, 11) is 0. The lowest BCUT2D eigenvalue weighted by molar-refractivity contribution is -0.0379. The first-order valence-corrected chi connectivity index (χ1v) is 13.4. The Morgan fingerprint density at radius 2 is 1.86 bits per heavy atom. The number of fused-ring (bicyclic) bond motifs is 5. The first-order chi connectivity index (χ1) is 14.0. The maximum absolute atomic E-state index is 6.05. The van der Waals surface area contributed by atoms with Gasteiger partial charge in [0.05, 0.1) is 17.6 Å². The summed E-state index contributed by atoms with van der Waals surface area (Å²) in [6.45, 7) is 9.46. The lowest BCUT2D eigenvalue weighted by Crippen LogP contribution is -2.31. The third-order valence-corrected chi connectivity index (χ3v) is 8.44. The molecule has 0 saturated carbocycles. The fraction of sp³-hybridized carbons (Fsp3) is 0.667. The van der Waals surface area contributed by atoms with E-state index in [1.165, 1.54) is 41.5 Å². The molecule has 3 aromatic heterocycles. The van der Waals surface area contributed by atoms with E-state index in [9.17, 15) is 0 Å². The Hall–Kier alpha value is -0.830. The molecule has 1 aliphatic rings. The molecule has 0 spiro atoms. The summed E-state index contributed by atoms with van der Waals surface area (Å²) < 4.78 is 8.26. The molecule has 29 heavy (non-hydrogen) atoms. The monoisotopic (exact) mass is 450 g/mol. The third-order valence-electron chi connectivity index (χ3n) is 5.18. The number of unbranched alkanes of at least 4 members (excludes halogenated alkanes) is 3. The first kappa shape index (κ1) is 21.4. The van der Waals surface area contributed by atoms with Gasteiger partial charge in [-0.3, -0.25) is 0 Å². The van der Waals surface area contributed by atoms with Crippen LogP contribution in [0.5, 0.6) is 0 Å². The Morgan fingerprint density at radius 3 is 2.66 bits per heavy atom. The van der Waals surface area contributed by atoms with Crippen molar-refractivity contribution in [2.24, 2.45) is 0 Å². The summed E-state index contributed by atoms with van der Waals surface area (Å²) in [5.74, 6) is 2.13. The van der Waals surface area contributed by atoms with E-state index in [-0.39, 0.29) is 5.60 Å². The van der Waals surface area contributed by atoms with Crippen LogP contribution in [-0.2, 0) is 17.8 Å². The number of hydrogen-bond acceptors (Lipinski definition) is 7. The van der Waals surface area contributed by atoms with E-state index in [1.54, 1.807) is 11.3 Å². The second-order valence-electron chi connectivity index (χ2n) is 8.20. The molecular weight excluding hydrogens is 420 g/mol. The molecule has 3 aromatic rings. The van der Waals surface area contributed by atoms with Crippen LogP contribution in [0.3, 0.4) is 0 Å². The van der Waals surface area contributed by atoms with E-state index in [1.807, 2.05) is 23.5 Å². The van der Waals surface area contributed by atoms with Gasteiger partial charge in [-0.25, -0.2) is 9.38 Å². The van der Waals surface area contributed by atoms with E-state index >= 15 is 0 Å².